The van der Waals surface area contributed by atoms with Crippen LogP contribution in [-0.2, 0) is 16.6 Å². The summed E-state index contributed by atoms with van der Waals surface area (Å²) in [6, 6.07) is 22.6. The van der Waals surface area contributed by atoms with E-state index in [-0.39, 0.29) is 11.8 Å². The quantitative estimate of drug-likeness (QED) is 0.634. The molecule has 1 saturated carbocycles. The first-order chi connectivity index (χ1) is 14.6. The zero-order valence-electron chi connectivity index (χ0n) is 16.4. The van der Waals surface area contributed by atoms with E-state index >= 15 is 0 Å². The van der Waals surface area contributed by atoms with Crippen molar-refractivity contribution in [2.75, 3.05) is 16.8 Å². The highest BCUT2D eigenvalue weighted by molar-refractivity contribution is 6.30. The molecule has 0 atom stereocenters. The van der Waals surface area contributed by atoms with Crippen LogP contribution in [0.1, 0.15) is 34.3 Å². The van der Waals surface area contributed by atoms with Gasteiger partial charge in [0.1, 0.15) is 0 Å². The number of halogens is 1. The fourth-order valence-corrected chi connectivity index (χ4v) is 4.40. The lowest BCUT2D eigenvalue weighted by Gasteiger charge is -2.18. The van der Waals surface area contributed by atoms with Crippen LogP contribution in [0.5, 0.6) is 0 Å². The number of hydrogen-bond acceptors (Lipinski definition) is 2. The maximum absolute atomic E-state index is 13.0. The van der Waals surface area contributed by atoms with Gasteiger partial charge in [-0.2, -0.15) is 0 Å². The lowest BCUT2D eigenvalue weighted by molar-refractivity contribution is -0.118. The Hall–Kier alpha value is -3.11. The van der Waals surface area contributed by atoms with Crippen molar-refractivity contribution in [1.82, 2.24) is 0 Å². The van der Waals surface area contributed by atoms with Gasteiger partial charge in [-0.15, -0.1) is 0 Å². The summed E-state index contributed by atoms with van der Waals surface area (Å²) < 4.78 is 0. The molecule has 5 rings (SSSR count). The van der Waals surface area contributed by atoms with E-state index in [1.807, 2.05) is 47.4 Å². The summed E-state index contributed by atoms with van der Waals surface area (Å²) in [7, 11) is 0. The number of rotatable bonds is 4. The van der Waals surface area contributed by atoms with Gasteiger partial charge in [-0.1, -0.05) is 41.9 Å². The van der Waals surface area contributed by atoms with Crippen LogP contribution in [-0.4, -0.2) is 18.4 Å². The monoisotopic (exact) mass is 416 g/mol. The molecule has 0 unspecified atom stereocenters. The number of carbonyl (C=O) groups excluding carboxylic acids is 2. The normalized spacial score (nSPS) is 16.1. The molecule has 3 aromatic carbocycles. The molecule has 1 aliphatic heterocycles. The Morgan fingerprint density at radius 1 is 0.933 bits per heavy atom. The minimum atomic E-state index is -0.501. The minimum Gasteiger partial charge on any atom is -0.325 e. The Balaban J connectivity index is 1.30. The Bertz CT molecular complexity index is 1140. The average Bonchev–Trinajstić information content (AvgIpc) is 3.47. The third-order valence-electron chi connectivity index (χ3n) is 6.08. The molecule has 30 heavy (non-hydrogen) atoms. The first kappa shape index (κ1) is 18.9. The molecule has 1 fully saturated rings. The molecule has 3 aromatic rings. The standard InChI is InChI=1S/C25H21ClN2O2/c26-20-6-3-5-19(16-20)25(13-14-25)24(30)27-21-10-8-18(9-11-21)23(29)28-15-12-17-4-1-2-7-22(17)28/h1-11,16H,12-15H2,(H,27,30). The average molecular weight is 417 g/mol. The number of anilines is 2. The third kappa shape index (κ3) is 3.27. The van der Waals surface area contributed by atoms with Crippen LogP contribution >= 0.6 is 11.6 Å². The largest absolute Gasteiger partial charge is 0.325 e. The van der Waals surface area contributed by atoms with Crippen molar-refractivity contribution in [2.45, 2.75) is 24.7 Å². The van der Waals surface area contributed by atoms with Crippen LogP contribution in [0.15, 0.2) is 72.8 Å². The summed E-state index contributed by atoms with van der Waals surface area (Å²) in [5, 5.41) is 3.64. The maximum Gasteiger partial charge on any atom is 0.258 e. The molecule has 1 heterocycles. The highest BCUT2D eigenvalue weighted by Gasteiger charge is 2.51. The van der Waals surface area contributed by atoms with Crippen molar-refractivity contribution in [3.05, 3.63) is 94.5 Å². The van der Waals surface area contributed by atoms with Gasteiger partial charge in [0.25, 0.3) is 5.91 Å². The number of amides is 2. The summed E-state index contributed by atoms with van der Waals surface area (Å²) in [6.45, 7) is 0.693. The van der Waals surface area contributed by atoms with E-state index in [4.69, 9.17) is 11.6 Å². The molecule has 5 heteroatoms. The fraction of sp³-hybridized carbons (Fsp3) is 0.200. The summed E-state index contributed by atoms with van der Waals surface area (Å²) >= 11 is 6.11. The molecule has 0 bridgehead atoms. The maximum atomic E-state index is 13.0. The van der Waals surface area contributed by atoms with Gasteiger partial charge in [-0.05, 0) is 72.9 Å². The van der Waals surface area contributed by atoms with E-state index in [0.717, 1.165) is 30.5 Å². The van der Waals surface area contributed by atoms with Gasteiger partial charge in [0, 0.05) is 28.5 Å². The van der Waals surface area contributed by atoms with Crippen molar-refractivity contribution >= 4 is 34.8 Å². The van der Waals surface area contributed by atoms with Gasteiger partial charge in [-0.25, -0.2) is 0 Å². The van der Waals surface area contributed by atoms with E-state index in [2.05, 4.69) is 11.4 Å². The second-order valence-electron chi connectivity index (χ2n) is 7.96. The van der Waals surface area contributed by atoms with Gasteiger partial charge < -0.3 is 10.2 Å². The van der Waals surface area contributed by atoms with Gasteiger partial charge in [0.2, 0.25) is 5.91 Å². The zero-order valence-corrected chi connectivity index (χ0v) is 17.2. The number of nitrogens with zero attached hydrogens (tertiary/aromatic N) is 1. The minimum absolute atomic E-state index is 0.0181. The Morgan fingerprint density at radius 3 is 2.43 bits per heavy atom. The van der Waals surface area contributed by atoms with E-state index in [0.29, 0.717) is 22.8 Å². The SMILES string of the molecule is O=C(c1ccc(NC(=O)C2(c3cccc(Cl)c3)CC2)cc1)N1CCc2ccccc21. The molecule has 1 N–H and O–H groups in total. The molecular formula is C25H21ClN2O2. The lowest BCUT2D eigenvalue weighted by atomic mass is 9.95. The van der Waals surface area contributed by atoms with E-state index in [9.17, 15) is 9.59 Å². The number of para-hydroxylation sites is 1. The summed E-state index contributed by atoms with van der Waals surface area (Å²) in [4.78, 5) is 27.7. The number of carbonyl (C=O) groups is 2. The van der Waals surface area contributed by atoms with Crippen molar-refractivity contribution in [1.29, 1.82) is 0 Å². The van der Waals surface area contributed by atoms with Crippen LogP contribution in [0, 0.1) is 0 Å². The molecule has 1 aliphatic carbocycles. The van der Waals surface area contributed by atoms with Crippen molar-refractivity contribution in [3.63, 3.8) is 0 Å². The molecule has 0 radical (unpaired) electrons. The van der Waals surface area contributed by atoms with Crippen LogP contribution in [0.25, 0.3) is 0 Å². The van der Waals surface area contributed by atoms with Gasteiger partial charge in [0.05, 0.1) is 5.41 Å². The molecule has 4 nitrogen and oxygen atoms in total. The van der Waals surface area contributed by atoms with E-state index < -0.39 is 5.41 Å². The Labute approximate surface area is 180 Å². The van der Waals surface area contributed by atoms with E-state index in [1.54, 1.807) is 24.3 Å². The van der Waals surface area contributed by atoms with Crippen LogP contribution in [0.2, 0.25) is 5.02 Å². The summed E-state index contributed by atoms with van der Waals surface area (Å²) in [5.74, 6) is -0.0484. The van der Waals surface area contributed by atoms with Crippen LogP contribution in [0.3, 0.4) is 0 Å². The van der Waals surface area contributed by atoms with Crippen LogP contribution < -0.4 is 10.2 Å². The third-order valence-corrected chi connectivity index (χ3v) is 6.32. The number of fused-ring (bicyclic) bond motifs is 1. The zero-order chi connectivity index (χ0) is 20.7. The predicted molar refractivity (Wildman–Crippen MR) is 119 cm³/mol. The number of hydrogen-bond donors (Lipinski definition) is 1. The number of nitrogens with one attached hydrogen (secondary N) is 1. The van der Waals surface area contributed by atoms with E-state index in [1.165, 1.54) is 5.56 Å². The van der Waals surface area contributed by atoms with Crippen molar-refractivity contribution in [2.24, 2.45) is 0 Å². The molecule has 0 saturated heterocycles. The summed E-state index contributed by atoms with van der Waals surface area (Å²) in [5.41, 5.74) is 3.93. The summed E-state index contributed by atoms with van der Waals surface area (Å²) in [6.07, 6.45) is 2.50. The molecular weight excluding hydrogens is 396 g/mol. The molecule has 0 spiro atoms. The number of benzene rings is 3. The molecule has 2 amide bonds. The first-order valence-electron chi connectivity index (χ1n) is 10.1. The Morgan fingerprint density at radius 2 is 1.70 bits per heavy atom. The first-order valence-corrected chi connectivity index (χ1v) is 10.5. The molecule has 2 aliphatic rings. The smallest absolute Gasteiger partial charge is 0.258 e. The highest BCUT2D eigenvalue weighted by atomic mass is 35.5. The van der Waals surface area contributed by atoms with Gasteiger partial charge >= 0.3 is 0 Å². The van der Waals surface area contributed by atoms with Gasteiger partial charge in [-0.3, -0.25) is 9.59 Å². The highest BCUT2D eigenvalue weighted by Crippen LogP contribution is 2.49. The van der Waals surface area contributed by atoms with Crippen molar-refractivity contribution < 1.29 is 9.59 Å². The second-order valence-corrected chi connectivity index (χ2v) is 8.40. The second kappa shape index (κ2) is 7.29. The lowest BCUT2D eigenvalue weighted by Crippen LogP contribution is -2.29. The van der Waals surface area contributed by atoms with Gasteiger partial charge in [0.15, 0.2) is 0 Å². The Kier molecular flexibility index (Phi) is 4.59. The fourth-order valence-electron chi connectivity index (χ4n) is 4.21. The molecule has 150 valence electrons. The van der Waals surface area contributed by atoms with Crippen molar-refractivity contribution in [3.8, 4) is 0 Å². The van der Waals surface area contributed by atoms with Crippen LogP contribution in [0.4, 0.5) is 11.4 Å². The molecule has 0 aromatic heterocycles. The predicted octanol–water partition coefficient (Wildman–Crippen LogP) is 5.21. The topological polar surface area (TPSA) is 49.4 Å².